The number of carbonyl (C=O) groups is 4. The Hall–Kier alpha value is -1.51. The predicted molar refractivity (Wildman–Crippen MR) is 77.6 cm³/mol. The van der Waals surface area contributed by atoms with E-state index in [1.165, 1.54) is 18.5 Å². The van der Waals surface area contributed by atoms with Gasteiger partial charge in [-0.05, 0) is 0 Å². The number of amides is 4. The van der Waals surface area contributed by atoms with Gasteiger partial charge in [-0.3, -0.25) is 24.1 Å². The Labute approximate surface area is 122 Å². The Morgan fingerprint density at radius 3 is 2.55 bits per heavy atom. The predicted octanol–water partition coefficient (Wildman–Crippen LogP) is -1.96. The van der Waals surface area contributed by atoms with Gasteiger partial charge in [-0.15, -0.1) is 0 Å². The Balaban J connectivity index is 2.25. The van der Waals surface area contributed by atoms with Crippen molar-refractivity contribution in [1.29, 1.82) is 0 Å². The first-order valence-corrected chi connectivity index (χ1v) is 7.62. The molecule has 1 atom stereocenters. The number of hydrogen-bond acceptors (Lipinski definition) is 5. The lowest BCUT2D eigenvalue weighted by atomic mass is 10.3. The molecule has 0 aromatic carbocycles. The zero-order valence-electron chi connectivity index (χ0n) is 11.6. The van der Waals surface area contributed by atoms with Crippen molar-refractivity contribution in [2.45, 2.75) is 25.0 Å². The first-order chi connectivity index (χ1) is 9.45. The fourth-order valence-corrected chi connectivity index (χ4v) is 2.45. The number of nitrogens with zero attached hydrogens (tertiary/aromatic N) is 1. The van der Waals surface area contributed by atoms with Crippen LogP contribution in [0.1, 0.15) is 19.8 Å². The van der Waals surface area contributed by atoms with E-state index in [1.807, 2.05) is 0 Å². The van der Waals surface area contributed by atoms with E-state index in [1.54, 1.807) is 7.12 Å². The summed E-state index contributed by atoms with van der Waals surface area (Å²) in [6, 6.07) is 0. The molecule has 0 saturated carbocycles. The van der Waals surface area contributed by atoms with Crippen molar-refractivity contribution in [2.75, 3.05) is 19.6 Å². The molecule has 1 fully saturated rings. The number of carbonyl (C=O) groups excluding carboxylic acids is 4. The summed E-state index contributed by atoms with van der Waals surface area (Å²) in [7, 11) is 1.79. The molecule has 20 heavy (non-hydrogen) atoms. The number of likely N-dealkylation sites (tertiary alicyclic amines) is 1. The summed E-state index contributed by atoms with van der Waals surface area (Å²) in [6.07, 6.45) is 0.294. The highest BCUT2D eigenvalue weighted by Crippen LogP contribution is 2.22. The van der Waals surface area contributed by atoms with Crippen LogP contribution in [0.4, 0.5) is 0 Å². The van der Waals surface area contributed by atoms with Crippen molar-refractivity contribution in [3.63, 3.8) is 0 Å². The minimum absolute atomic E-state index is 0.0820. The van der Waals surface area contributed by atoms with E-state index in [0.717, 1.165) is 4.90 Å². The third-order valence-electron chi connectivity index (χ3n) is 2.87. The van der Waals surface area contributed by atoms with Crippen molar-refractivity contribution in [3.8, 4) is 0 Å². The largest absolute Gasteiger partial charge is 0.355 e. The van der Waals surface area contributed by atoms with Gasteiger partial charge in [0.15, 0.2) is 7.12 Å². The van der Waals surface area contributed by atoms with E-state index in [0.29, 0.717) is 13.1 Å². The van der Waals surface area contributed by atoms with Crippen LogP contribution in [0.3, 0.4) is 0 Å². The van der Waals surface area contributed by atoms with E-state index in [-0.39, 0.29) is 48.3 Å². The quantitative estimate of drug-likeness (QED) is 0.323. The molecule has 110 valence electrons. The second kappa shape index (κ2) is 7.93. The van der Waals surface area contributed by atoms with Gasteiger partial charge in [0.2, 0.25) is 23.6 Å². The molecule has 1 unspecified atom stereocenters. The molecule has 1 rings (SSSR count). The number of nitrogens with one attached hydrogen (secondary N) is 2. The molecule has 1 heterocycles. The summed E-state index contributed by atoms with van der Waals surface area (Å²) in [5.41, 5.74) is 0. The molecule has 1 aliphatic heterocycles. The molecule has 0 bridgehead atoms. The fourth-order valence-electron chi connectivity index (χ4n) is 1.81. The van der Waals surface area contributed by atoms with Crippen LogP contribution in [0.25, 0.3) is 0 Å². The summed E-state index contributed by atoms with van der Waals surface area (Å²) >= 11 is 1.35. The second-order valence-electron chi connectivity index (χ2n) is 4.39. The van der Waals surface area contributed by atoms with Crippen LogP contribution in [0, 0.1) is 0 Å². The molecule has 0 aromatic rings. The lowest BCUT2D eigenvalue weighted by molar-refractivity contribution is -0.138. The zero-order chi connectivity index (χ0) is 15.1. The van der Waals surface area contributed by atoms with Crippen LogP contribution in [-0.4, -0.2) is 60.5 Å². The SMILES string of the molecule is BSC1CC(=O)N(CCC(=O)NCCNC(C)=O)C1=O. The highest BCUT2D eigenvalue weighted by molar-refractivity contribution is 8.20. The van der Waals surface area contributed by atoms with Gasteiger partial charge in [0.05, 0.1) is 5.25 Å². The molecule has 0 aromatic heterocycles. The third-order valence-corrected chi connectivity index (χ3v) is 3.81. The van der Waals surface area contributed by atoms with E-state index >= 15 is 0 Å². The summed E-state index contributed by atoms with van der Waals surface area (Å²) < 4.78 is 0. The maximum absolute atomic E-state index is 11.8. The second-order valence-corrected chi connectivity index (χ2v) is 5.44. The Bertz CT molecular complexity index is 418. The summed E-state index contributed by atoms with van der Waals surface area (Å²) in [4.78, 5) is 46.7. The first-order valence-electron chi connectivity index (χ1n) is 6.34. The molecule has 4 amide bonds. The standard InChI is InChI=1S/C11H18BN3O4S/c1-7(16)13-3-4-14-9(17)2-5-15-10(18)6-8(20-12)11(15)19/h8H,2-6,12H2,1H3,(H,13,16)(H,14,17). The molecule has 1 aliphatic rings. The fraction of sp³-hybridized carbons (Fsp3) is 0.636. The normalized spacial score (nSPS) is 18.2. The maximum Gasteiger partial charge on any atom is 0.241 e. The van der Waals surface area contributed by atoms with Crippen molar-refractivity contribution in [3.05, 3.63) is 0 Å². The zero-order valence-corrected chi connectivity index (χ0v) is 12.4. The molecule has 7 nitrogen and oxygen atoms in total. The minimum Gasteiger partial charge on any atom is -0.355 e. The van der Waals surface area contributed by atoms with Gasteiger partial charge < -0.3 is 10.6 Å². The van der Waals surface area contributed by atoms with Gasteiger partial charge in [-0.1, -0.05) is 0 Å². The highest BCUT2D eigenvalue weighted by Gasteiger charge is 2.37. The summed E-state index contributed by atoms with van der Waals surface area (Å²) in [5.74, 6) is -0.840. The average molecular weight is 299 g/mol. The van der Waals surface area contributed by atoms with E-state index in [2.05, 4.69) is 10.6 Å². The third kappa shape index (κ3) is 4.88. The number of rotatable bonds is 7. The van der Waals surface area contributed by atoms with Crippen LogP contribution >= 0.6 is 11.6 Å². The molecule has 9 heteroatoms. The van der Waals surface area contributed by atoms with E-state index < -0.39 is 0 Å². The Morgan fingerprint density at radius 1 is 1.35 bits per heavy atom. The lowest BCUT2D eigenvalue weighted by Gasteiger charge is -2.14. The molecule has 1 saturated heterocycles. The van der Waals surface area contributed by atoms with Gasteiger partial charge in [0, 0.05) is 39.4 Å². The van der Waals surface area contributed by atoms with Gasteiger partial charge in [-0.25, -0.2) is 11.6 Å². The topological polar surface area (TPSA) is 95.6 Å². The van der Waals surface area contributed by atoms with Crippen LogP contribution in [0.5, 0.6) is 0 Å². The maximum atomic E-state index is 11.8. The van der Waals surface area contributed by atoms with Crippen LogP contribution < -0.4 is 10.6 Å². The van der Waals surface area contributed by atoms with Crippen LogP contribution in [0.15, 0.2) is 0 Å². The summed E-state index contributed by atoms with van der Waals surface area (Å²) in [6.45, 7) is 2.19. The van der Waals surface area contributed by atoms with Gasteiger partial charge in [0.25, 0.3) is 0 Å². The molecule has 2 N–H and O–H groups in total. The van der Waals surface area contributed by atoms with Crippen molar-refractivity contribution in [1.82, 2.24) is 15.5 Å². The molecule has 0 radical (unpaired) electrons. The minimum atomic E-state index is -0.315. The monoisotopic (exact) mass is 299 g/mol. The van der Waals surface area contributed by atoms with Gasteiger partial charge in [-0.2, -0.15) is 0 Å². The smallest absolute Gasteiger partial charge is 0.241 e. The highest BCUT2D eigenvalue weighted by atomic mass is 32.2. The molecular formula is C11H18BN3O4S. The molecular weight excluding hydrogens is 281 g/mol. The Kier molecular flexibility index (Phi) is 6.56. The average Bonchev–Trinajstić information content (AvgIpc) is 2.67. The van der Waals surface area contributed by atoms with E-state index in [4.69, 9.17) is 0 Å². The number of imide groups is 1. The number of hydrogen-bond donors (Lipinski definition) is 2. The molecule has 0 spiro atoms. The van der Waals surface area contributed by atoms with Gasteiger partial charge >= 0.3 is 0 Å². The first kappa shape index (κ1) is 16.5. The summed E-state index contributed by atoms with van der Waals surface area (Å²) in [5, 5.41) is 4.84. The van der Waals surface area contributed by atoms with Crippen molar-refractivity contribution in [2.24, 2.45) is 0 Å². The Morgan fingerprint density at radius 2 is 2.00 bits per heavy atom. The van der Waals surface area contributed by atoms with Crippen molar-refractivity contribution < 1.29 is 19.2 Å². The van der Waals surface area contributed by atoms with E-state index in [9.17, 15) is 19.2 Å². The van der Waals surface area contributed by atoms with Crippen molar-refractivity contribution >= 4 is 42.4 Å². The van der Waals surface area contributed by atoms with Crippen LogP contribution in [-0.2, 0) is 19.2 Å². The lowest BCUT2D eigenvalue weighted by Crippen LogP contribution is -2.37. The van der Waals surface area contributed by atoms with Gasteiger partial charge in [0.1, 0.15) is 0 Å². The van der Waals surface area contributed by atoms with Crippen LogP contribution in [0.2, 0.25) is 0 Å². The molecule has 0 aliphatic carbocycles.